The van der Waals surface area contributed by atoms with Crippen LogP contribution in [0.5, 0.6) is 0 Å². The highest BCUT2D eigenvalue weighted by Gasteiger charge is 2.26. The lowest BCUT2D eigenvalue weighted by molar-refractivity contribution is -0.159. The number of hydrogen-bond acceptors (Lipinski definition) is 4. The van der Waals surface area contributed by atoms with Crippen molar-refractivity contribution < 1.29 is 19.1 Å². The van der Waals surface area contributed by atoms with Crippen molar-refractivity contribution in [2.45, 2.75) is 19.4 Å². The van der Waals surface area contributed by atoms with Crippen LogP contribution in [0.3, 0.4) is 0 Å². The molecule has 0 fully saturated rings. The number of benzene rings is 2. The monoisotopic (exact) mass is 368 g/mol. The second-order valence-corrected chi connectivity index (χ2v) is 6.33. The molecule has 2 rings (SSSR count). The van der Waals surface area contributed by atoms with Gasteiger partial charge in [0.25, 0.3) is 11.8 Å². The van der Waals surface area contributed by atoms with Crippen molar-refractivity contribution in [3.63, 3.8) is 0 Å². The van der Waals surface area contributed by atoms with E-state index in [4.69, 9.17) is 4.74 Å². The fraction of sp³-hybridized carbons (Fsp3) is 0.286. The van der Waals surface area contributed by atoms with E-state index >= 15 is 0 Å². The SMILES string of the molecule is Cc1ccccc1C(=O)NCCC(=O)O[C@@H](C(=O)N(C)C)c1ccccc1. The molecular weight excluding hydrogens is 344 g/mol. The number of rotatable bonds is 7. The minimum absolute atomic E-state index is 0.0261. The molecule has 0 aliphatic rings. The van der Waals surface area contributed by atoms with Gasteiger partial charge >= 0.3 is 5.97 Å². The van der Waals surface area contributed by atoms with Gasteiger partial charge in [0.05, 0.1) is 6.42 Å². The summed E-state index contributed by atoms with van der Waals surface area (Å²) in [5.41, 5.74) is 2.03. The summed E-state index contributed by atoms with van der Waals surface area (Å²) in [5, 5.41) is 2.70. The first kappa shape index (κ1) is 20.2. The molecule has 0 spiro atoms. The van der Waals surface area contributed by atoms with Gasteiger partial charge in [0, 0.05) is 31.8 Å². The van der Waals surface area contributed by atoms with E-state index in [-0.39, 0.29) is 24.8 Å². The van der Waals surface area contributed by atoms with Crippen LogP contribution in [-0.2, 0) is 14.3 Å². The molecule has 0 aromatic heterocycles. The molecule has 0 bridgehead atoms. The molecule has 2 aromatic carbocycles. The molecule has 6 nitrogen and oxygen atoms in total. The maximum absolute atomic E-state index is 12.4. The minimum Gasteiger partial charge on any atom is -0.447 e. The molecule has 6 heteroatoms. The zero-order valence-corrected chi connectivity index (χ0v) is 15.8. The number of aryl methyl sites for hydroxylation is 1. The lowest BCUT2D eigenvalue weighted by Crippen LogP contribution is -2.32. The predicted molar refractivity (Wildman–Crippen MR) is 102 cm³/mol. The highest BCUT2D eigenvalue weighted by Crippen LogP contribution is 2.20. The van der Waals surface area contributed by atoms with Crippen molar-refractivity contribution in [2.24, 2.45) is 0 Å². The third-order valence-electron chi connectivity index (χ3n) is 4.02. The second kappa shape index (κ2) is 9.52. The maximum Gasteiger partial charge on any atom is 0.308 e. The lowest BCUT2D eigenvalue weighted by atomic mass is 10.1. The Hall–Kier alpha value is -3.15. The topological polar surface area (TPSA) is 75.7 Å². The van der Waals surface area contributed by atoms with Gasteiger partial charge in [-0.15, -0.1) is 0 Å². The molecule has 1 atom stereocenters. The van der Waals surface area contributed by atoms with Gasteiger partial charge in [-0.1, -0.05) is 48.5 Å². The summed E-state index contributed by atoms with van der Waals surface area (Å²) < 4.78 is 5.39. The molecule has 0 heterocycles. The van der Waals surface area contributed by atoms with E-state index in [0.717, 1.165) is 5.56 Å². The molecule has 142 valence electrons. The number of likely N-dealkylation sites (N-methyl/N-ethyl adjacent to an activating group) is 1. The van der Waals surface area contributed by atoms with E-state index in [1.165, 1.54) is 4.90 Å². The summed E-state index contributed by atoms with van der Waals surface area (Å²) in [7, 11) is 3.21. The second-order valence-electron chi connectivity index (χ2n) is 6.33. The maximum atomic E-state index is 12.4. The van der Waals surface area contributed by atoms with E-state index in [2.05, 4.69) is 5.32 Å². The van der Waals surface area contributed by atoms with Crippen LogP contribution in [-0.4, -0.2) is 43.3 Å². The highest BCUT2D eigenvalue weighted by atomic mass is 16.5. The lowest BCUT2D eigenvalue weighted by Gasteiger charge is -2.21. The Balaban J connectivity index is 1.93. The van der Waals surface area contributed by atoms with Crippen LogP contribution >= 0.6 is 0 Å². The van der Waals surface area contributed by atoms with Gasteiger partial charge in [-0.25, -0.2) is 0 Å². The van der Waals surface area contributed by atoms with Crippen molar-refractivity contribution in [2.75, 3.05) is 20.6 Å². The fourth-order valence-corrected chi connectivity index (χ4v) is 2.51. The van der Waals surface area contributed by atoms with Gasteiger partial charge in [0.1, 0.15) is 0 Å². The van der Waals surface area contributed by atoms with E-state index in [1.807, 2.05) is 25.1 Å². The smallest absolute Gasteiger partial charge is 0.308 e. The predicted octanol–water partition coefficient (Wildman–Crippen LogP) is 2.49. The van der Waals surface area contributed by atoms with Gasteiger partial charge in [-0.2, -0.15) is 0 Å². The molecule has 0 aliphatic carbocycles. The zero-order chi connectivity index (χ0) is 19.8. The van der Waals surface area contributed by atoms with E-state index < -0.39 is 12.1 Å². The fourth-order valence-electron chi connectivity index (χ4n) is 2.51. The first-order valence-corrected chi connectivity index (χ1v) is 8.69. The van der Waals surface area contributed by atoms with Crippen LogP contribution in [0.4, 0.5) is 0 Å². The van der Waals surface area contributed by atoms with Crippen LogP contribution < -0.4 is 5.32 Å². The Morgan fingerprint density at radius 3 is 2.26 bits per heavy atom. The van der Waals surface area contributed by atoms with E-state index in [1.54, 1.807) is 50.5 Å². The first-order valence-electron chi connectivity index (χ1n) is 8.69. The Kier molecular flexibility index (Phi) is 7.11. The standard InChI is InChI=1S/C21H24N2O4/c1-15-9-7-8-12-17(15)20(25)22-14-13-18(24)27-19(21(26)23(2)3)16-10-5-4-6-11-16/h4-12,19H,13-14H2,1-3H3,(H,22,25)/t19-/m1/s1. The van der Waals surface area contributed by atoms with Crippen molar-refractivity contribution in [1.82, 2.24) is 10.2 Å². The number of nitrogens with one attached hydrogen (secondary N) is 1. The normalized spacial score (nSPS) is 11.4. The minimum atomic E-state index is -0.999. The van der Waals surface area contributed by atoms with Crippen LogP contribution in [0.2, 0.25) is 0 Å². The van der Waals surface area contributed by atoms with Gasteiger partial charge in [-0.05, 0) is 18.6 Å². The molecule has 2 amide bonds. The molecule has 1 N–H and O–H groups in total. The average molecular weight is 368 g/mol. The first-order chi connectivity index (χ1) is 12.9. The van der Waals surface area contributed by atoms with Crippen LogP contribution in [0.1, 0.15) is 34.0 Å². The molecule has 0 saturated carbocycles. The van der Waals surface area contributed by atoms with Crippen molar-refractivity contribution in [3.8, 4) is 0 Å². The van der Waals surface area contributed by atoms with Gasteiger partial charge in [0.2, 0.25) is 6.10 Å². The van der Waals surface area contributed by atoms with Crippen LogP contribution in [0.25, 0.3) is 0 Å². The summed E-state index contributed by atoms with van der Waals surface area (Å²) >= 11 is 0. The molecular formula is C21H24N2O4. The van der Waals surface area contributed by atoms with E-state index in [0.29, 0.717) is 11.1 Å². The van der Waals surface area contributed by atoms with Crippen molar-refractivity contribution in [1.29, 1.82) is 0 Å². The Morgan fingerprint density at radius 1 is 1.00 bits per heavy atom. The third kappa shape index (κ3) is 5.67. The Morgan fingerprint density at radius 2 is 1.63 bits per heavy atom. The number of carbonyl (C=O) groups is 3. The summed E-state index contributed by atoms with van der Waals surface area (Å²) in [4.78, 5) is 38.1. The quantitative estimate of drug-likeness (QED) is 0.762. The van der Waals surface area contributed by atoms with Crippen LogP contribution in [0, 0.1) is 6.92 Å². The third-order valence-corrected chi connectivity index (χ3v) is 4.02. The summed E-state index contributed by atoms with van der Waals surface area (Å²) in [6.45, 7) is 1.98. The highest BCUT2D eigenvalue weighted by molar-refractivity contribution is 5.95. The molecule has 0 unspecified atom stereocenters. The molecule has 0 radical (unpaired) electrons. The average Bonchev–Trinajstić information content (AvgIpc) is 2.66. The number of ether oxygens (including phenoxy) is 1. The zero-order valence-electron chi connectivity index (χ0n) is 15.8. The van der Waals surface area contributed by atoms with Gasteiger partial charge < -0.3 is 15.0 Å². The van der Waals surface area contributed by atoms with Crippen molar-refractivity contribution >= 4 is 17.8 Å². The number of amides is 2. The largest absolute Gasteiger partial charge is 0.447 e. The van der Waals surface area contributed by atoms with Gasteiger partial charge in [0.15, 0.2) is 0 Å². The Bertz CT molecular complexity index is 803. The number of esters is 1. The molecule has 0 aliphatic heterocycles. The molecule has 27 heavy (non-hydrogen) atoms. The molecule has 0 saturated heterocycles. The number of carbonyl (C=O) groups excluding carboxylic acids is 3. The van der Waals surface area contributed by atoms with Crippen LogP contribution in [0.15, 0.2) is 54.6 Å². The number of nitrogens with zero attached hydrogens (tertiary/aromatic N) is 1. The summed E-state index contributed by atoms with van der Waals surface area (Å²) in [5.74, 6) is -1.12. The van der Waals surface area contributed by atoms with E-state index in [9.17, 15) is 14.4 Å². The van der Waals surface area contributed by atoms with Crippen molar-refractivity contribution in [3.05, 3.63) is 71.3 Å². The Labute approximate surface area is 159 Å². The summed E-state index contributed by atoms with van der Waals surface area (Å²) in [6, 6.07) is 16.1. The van der Waals surface area contributed by atoms with Gasteiger partial charge in [-0.3, -0.25) is 14.4 Å². The molecule has 2 aromatic rings. The summed E-state index contributed by atoms with van der Waals surface area (Å²) in [6.07, 6.45) is -1.03. The number of hydrogen-bond donors (Lipinski definition) is 1.